The Morgan fingerprint density at radius 2 is 2.00 bits per heavy atom. The van der Waals surface area contributed by atoms with E-state index >= 15 is 0 Å². The molecule has 1 amide bonds. The molecule has 2 rings (SSSR count). The van der Waals surface area contributed by atoms with Crippen LogP contribution in [0.15, 0.2) is 16.5 Å². The number of furan rings is 1. The van der Waals surface area contributed by atoms with Crippen LogP contribution in [-0.2, 0) is 0 Å². The van der Waals surface area contributed by atoms with Crippen molar-refractivity contribution >= 4 is 5.91 Å². The zero-order chi connectivity index (χ0) is 12.8. The maximum absolute atomic E-state index is 11.7. The van der Waals surface area contributed by atoms with Crippen LogP contribution >= 0.6 is 0 Å². The Bertz CT molecular complexity index is 379. The van der Waals surface area contributed by atoms with Gasteiger partial charge in [0, 0.05) is 13.1 Å². The molecular formula is C14H22N2O2. The highest BCUT2D eigenvalue weighted by Gasteiger charge is 2.11. The zero-order valence-corrected chi connectivity index (χ0v) is 11.1. The number of nitrogens with zero attached hydrogens (tertiary/aromatic N) is 1. The number of carbonyl (C=O) groups excluding carboxylic acids is 1. The van der Waals surface area contributed by atoms with E-state index in [2.05, 4.69) is 10.2 Å². The lowest BCUT2D eigenvalue weighted by Gasteiger charge is -2.19. The van der Waals surface area contributed by atoms with E-state index in [0.717, 1.165) is 25.4 Å². The number of carbonyl (C=O) groups is 1. The van der Waals surface area contributed by atoms with Gasteiger partial charge in [0.25, 0.3) is 5.91 Å². The molecule has 18 heavy (non-hydrogen) atoms. The number of hydrogen-bond donors (Lipinski definition) is 1. The second kappa shape index (κ2) is 6.59. The van der Waals surface area contributed by atoms with Crippen molar-refractivity contribution in [3.05, 3.63) is 23.7 Å². The van der Waals surface area contributed by atoms with Crippen LogP contribution < -0.4 is 5.32 Å². The molecule has 0 unspecified atom stereocenters. The molecule has 0 aromatic carbocycles. The molecule has 1 aromatic rings. The predicted octanol–water partition coefficient (Wildman–Crippen LogP) is 2.19. The Morgan fingerprint density at radius 3 is 2.61 bits per heavy atom. The second-order valence-corrected chi connectivity index (χ2v) is 4.92. The average molecular weight is 250 g/mol. The number of amides is 1. The molecule has 0 spiro atoms. The van der Waals surface area contributed by atoms with E-state index < -0.39 is 0 Å². The highest BCUT2D eigenvalue weighted by Crippen LogP contribution is 2.09. The summed E-state index contributed by atoms with van der Waals surface area (Å²) in [5.41, 5.74) is 0. The summed E-state index contributed by atoms with van der Waals surface area (Å²) < 4.78 is 5.28. The standard InChI is InChI=1S/C14H22N2O2/c1-12-6-7-13(18-12)14(17)15-8-11-16-9-4-2-3-5-10-16/h6-7H,2-5,8-11H2,1H3,(H,15,17). The molecule has 4 heteroatoms. The molecule has 1 aliphatic heterocycles. The third-order valence-electron chi connectivity index (χ3n) is 3.38. The third kappa shape index (κ3) is 3.88. The summed E-state index contributed by atoms with van der Waals surface area (Å²) in [6, 6.07) is 3.53. The molecule has 1 aliphatic rings. The van der Waals surface area contributed by atoms with Gasteiger partial charge in [0.1, 0.15) is 5.76 Å². The first-order chi connectivity index (χ1) is 8.75. The van der Waals surface area contributed by atoms with Crippen molar-refractivity contribution < 1.29 is 9.21 Å². The van der Waals surface area contributed by atoms with Crippen LogP contribution in [0, 0.1) is 6.92 Å². The fourth-order valence-electron chi connectivity index (χ4n) is 2.33. The second-order valence-electron chi connectivity index (χ2n) is 4.92. The van der Waals surface area contributed by atoms with Crippen LogP contribution in [0.3, 0.4) is 0 Å². The number of likely N-dealkylation sites (tertiary alicyclic amines) is 1. The minimum Gasteiger partial charge on any atom is -0.456 e. The molecule has 1 aromatic heterocycles. The van der Waals surface area contributed by atoms with Crippen LogP contribution in [0.1, 0.15) is 42.0 Å². The van der Waals surface area contributed by atoms with Crippen molar-refractivity contribution in [2.75, 3.05) is 26.2 Å². The normalized spacial score (nSPS) is 17.4. The lowest BCUT2D eigenvalue weighted by atomic mass is 10.2. The summed E-state index contributed by atoms with van der Waals surface area (Å²) in [6.45, 7) is 5.80. The van der Waals surface area contributed by atoms with Crippen molar-refractivity contribution in [3.8, 4) is 0 Å². The minimum atomic E-state index is -0.113. The maximum atomic E-state index is 11.7. The van der Waals surface area contributed by atoms with Gasteiger partial charge < -0.3 is 14.6 Å². The van der Waals surface area contributed by atoms with Crippen LogP contribution in [-0.4, -0.2) is 37.0 Å². The summed E-state index contributed by atoms with van der Waals surface area (Å²) in [5, 5.41) is 2.91. The topological polar surface area (TPSA) is 45.5 Å². The summed E-state index contributed by atoms with van der Waals surface area (Å²) in [7, 11) is 0. The van der Waals surface area contributed by atoms with Gasteiger partial charge in [0.05, 0.1) is 0 Å². The first kappa shape index (κ1) is 13.1. The number of hydrogen-bond acceptors (Lipinski definition) is 3. The third-order valence-corrected chi connectivity index (χ3v) is 3.38. The highest BCUT2D eigenvalue weighted by molar-refractivity contribution is 5.91. The molecule has 1 N–H and O–H groups in total. The first-order valence-corrected chi connectivity index (χ1v) is 6.83. The van der Waals surface area contributed by atoms with Crippen molar-refractivity contribution in [2.45, 2.75) is 32.6 Å². The first-order valence-electron chi connectivity index (χ1n) is 6.83. The van der Waals surface area contributed by atoms with E-state index in [9.17, 15) is 4.79 Å². The molecular weight excluding hydrogens is 228 g/mol. The summed E-state index contributed by atoms with van der Waals surface area (Å²) in [5.74, 6) is 1.06. The SMILES string of the molecule is Cc1ccc(C(=O)NCCN2CCCCCC2)o1. The van der Waals surface area contributed by atoms with Gasteiger partial charge in [0.2, 0.25) is 0 Å². The molecule has 0 atom stereocenters. The predicted molar refractivity (Wildman–Crippen MR) is 70.7 cm³/mol. The van der Waals surface area contributed by atoms with Gasteiger partial charge in [-0.3, -0.25) is 4.79 Å². The lowest BCUT2D eigenvalue weighted by molar-refractivity contribution is 0.0919. The van der Waals surface area contributed by atoms with Gasteiger partial charge in [-0.15, -0.1) is 0 Å². The molecule has 100 valence electrons. The fourth-order valence-corrected chi connectivity index (χ4v) is 2.33. The van der Waals surface area contributed by atoms with E-state index in [1.54, 1.807) is 6.07 Å². The van der Waals surface area contributed by atoms with Crippen LogP contribution in [0.25, 0.3) is 0 Å². The van der Waals surface area contributed by atoms with Crippen molar-refractivity contribution in [2.24, 2.45) is 0 Å². The summed E-state index contributed by atoms with van der Waals surface area (Å²) in [4.78, 5) is 14.2. The molecule has 0 radical (unpaired) electrons. The monoisotopic (exact) mass is 250 g/mol. The van der Waals surface area contributed by atoms with Gasteiger partial charge >= 0.3 is 0 Å². The van der Waals surface area contributed by atoms with E-state index in [4.69, 9.17) is 4.42 Å². The Kier molecular flexibility index (Phi) is 4.81. The zero-order valence-electron chi connectivity index (χ0n) is 11.1. The summed E-state index contributed by atoms with van der Waals surface area (Å²) in [6.07, 6.45) is 5.25. The quantitative estimate of drug-likeness (QED) is 0.891. The minimum absolute atomic E-state index is 0.113. The van der Waals surface area contributed by atoms with Crippen molar-refractivity contribution in [1.29, 1.82) is 0 Å². The number of rotatable bonds is 4. The molecule has 0 bridgehead atoms. The van der Waals surface area contributed by atoms with Crippen molar-refractivity contribution in [1.82, 2.24) is 10.2 Å². The number of aryl methyl sites for hydroxylation is 1. The summed E-state index contributed by atoms with van der Waals surface area (Å²) >= 11 is 0. The van der Waals surface area contributed by atoms with E-state index in [0.29, 0.717) is 12.3 Å². The van der Waals surface area contributed by atoms with Crippen molar-refractivity contribution in [3.63, 3.8) is 0 Å². The van der Waals surface area contributed by atoms with Gasteiger partial charge in [0.15, 0.2) is 5.76 Å². The van der Waals surface area contributed by atoms with Gasteiger partial charge in [-0.2, -0.15) is 0 Å². The van der Waals surface area contributed by atoms with E-state index in [1.807, 2.05) is 13.0 Å². The van der Waals surface area contributed by atoms with E-state index in [-0.39, 0.29) is 5.91 Å². The van der Waals surface area contributed by atoms with Gasteiger partial charge in [-0.25, -0.2) is 0 Å². The number of nitrogens with one attached hydrogen (secondary N) is 1. The molecule has 1 saturated heterocycles. The Labute approximate surface area is 108 Å². The smallest absolute Gasteiger partial charge is 0.287 e. The molecule has 0 aliphatic carbocycles. The van der Waals surface area contributed by atoms with E-state index in [1.165, 1.54) is 25.7 Å². The van der Waals surface area contributed by atoms with Crippen LogP contribution in [0.4, 0.5) is 0 Å². The highest BCUT2D eigenvalue weighted by atomic mass is 16.3. The maximum Gasteiger partial charge on any atom is 0.287 e. The average Bonchev–Trinajstić information content (AvgIpc) is 2.63. The Morgan fingerprint density at radius 1 is 1.28 bits per heavy atom. The lowest BCUT2D eigenvalue weighted by Crippen LogP contribution is -2.35. The molecule has 1 fully saturated rings. The molecule has 4 nitrogen and oxygen atoms in total. The molecule has 0 saturated carbocycles. The van der Waals surface area contributed by atoms with Gasteiger partial charge in [-0.05, 0) is 45.0 Å². The fraction of sp³-hybridized carbons (Fsp3) is 0.643. The van der Waals surface area contributed by atoms with Gasteiger partial charge in [-0.1, -0.05) is 12.8 Å². The molecule has 2 heterocycles. The van der Waals surface area contributed by atoms with Crippen LogP contribution in [0.2, 0.25) is 0 Å². The Hall–Kier alpha value is -1.29. The Balaban J connectivity index is 1.69. The largest absolute Gasteiger partial charge is 0.456 e. The van der Waals surface area contributed by atoms with Crippen LogP contribution in [0.5, 0.6) is 0 Å².